The number of rotatable bonds is 5. The van der Waals surface area contributed by atoms with E-state index in [1.165, 1.54) is 6.07 Å². The first-order chi connectivity index (χ1) is 17.7. The second-order valence-corrected chi connectivity index (χ2v) is 11.2. The molecular formula is C27H27Br2FN6O. The molecule has 1 aliphatic rings. The van der Waals surface area contributed by atoms with E-state index in [0.717, 1.165) is 21.4 Å². The summed E-state index contributed by atoms with van der Waals surface area (Å²) in [7, 11) is 1.94. The summed E-state index contributed by atoms with van der Waals surface area (Å²) in [4.78, 5) is 17.8. The topological polar surface area (TPSA) is 59.2 Å². The highest BCUT2D eigenvalue weighted by molar-refractivity contribution is 9.10. The molecule has 1 fully saturated rings. The second-order valence-electron chi connectivity index (χ2n) is 9.48. The highest BCUT2D eigenvalue weighted by Crippen LogP contribution is 2.30. The fourth-order valence-corrected chi connectivity index (χ4v) is 5.71. The predicted molar refractivity (Wildman–Crippen MR) is 148 cm³/mol. The van der Waals surface area contributed by atoms with Crippen molar-refractivity contribution in [2.24, 2.45) is 7.05 Å². The van der Waals surface area contributed by atoms with Gasteiger partial charge in [-0.1, -0.05) is 39.3 Å². The van der Waals surface area contributed by atoms with E-state index in [2.05, 4.69) is 60.9 Å². The van der Waals surface area contributed by atoms with Crippen LogP contribution >= 0.6 is 31.9 Å². The molecule has 1 aliphatic heterocycles. The molecule has 0 aliphatic carbocycles. The Bertz CT molecular complexity index is 1440. The van der Waals surface area contributed by atoms with E-state index in [-0.39, 0.29) is 23.8 Å². The molecule has 0 radical (unpaired) electrons. The molecule has 0 bridgehead atoms. The Morgan fingerprint density at radius 2 is 1.76 bits per heavy atom. The zero-order valence-electron chi connectivity index (χ0n) is 20.8. The number of piperazine rings is 1. The molecule has 1 amide bonds. The van der Waals surface area contributed by atoms with Crippen LogP contribution in [0.3, 0.4) is 0 Å². The van der Waals surface area contributed by atoms with Crippen molar-refractivity contribution in [1.82, 2.24) is 29.4 Å². The Labute approximate surface area is 232 Å². The van der Waals surface area contributed by atoms with Gasteiger partial charge in [-0.05, 0) is 60.1 Å². The van der Waals surface area contributed by atoms with Gasteiger partial charge in [-0.2, -0.15) is 0 Å². The van der Waals surface area contributed by atoms with Crippen molar-refractivity contribution in [3.63, 3.8) is 0 Å². The van der Waals surface area contributed by atoms with Crippen LogP contribution < -0.4 is 0 Å². The van der Waals surface area contributed by atoms with Crippen LogP contribution in [-0.2, 0) is 13.6 Å². The van der Waals surface area contributed by atoms with E-state index in [0.29, 0.717) is 35.5 Å². The van der Waals surface area contributed by atoms with Gasteiger partial charge in [0.1, 0.15) is 11.5 Å². The molecule has 2 aromatic carbocycles. The number of halogens is 3. The SMILES string of the molecule is C[C@@H]1CN(C(=O)c2ccc(-c3ccccc3Br)n2C)C[C@H](C)N1Cc1cn(-c2ccc(Br)c(F)c2)nn1. The van der Waals surface area contributed by atoms with Crippen molar-refractivity contribution < 1.29 is 9.18 Å². The number of nitrogens with zero attached hydrogens (tertiary/aromatic N) is 6. The zero-order chi connectivity index (χ0) is 26.3. The van der Waals surface area contributed by atoms with Crippen LogP contribution in [0.4, 0.5) is 4.39 Å². The molecule has 192 valence electrons. The molecule has 0 saturated carbocycles. The van der Waals surface area contributed by atoms with Gasteiger partial charge in [-0.3, -0.25) is 9.69 Å². The summed E-state index contributed by atoms with van der Waals surface area (Å²) in [6, 6.07) is 17.0. The summed E-state index contributed by atoms with van der Waals surface area (Å²) in [5.74, 6) is -0.318. The number of carbonyl (C=O) groups is 1. The number of hydrogen-bond acceptors (Lipinski definition) is 4. The number of amides is 1. The van der Waals surface area contributed by atoms with Crippen LogP contribution in [0.15, 0.2) is 69.7 Å². The van der Waals surface area contributed by atoms with E-state index >= 15 is 0 Å². The third-order valence-electron chi connectivity index (χ3n) is 6.93. The maximum atomic E-state index is 13.9. The summed E-state index contributed by atoms with van der Waals surface area (Å²) in [6.07, 6.45) is 1.83. The molecule has 7 nitrogen and oxygen atoms in total. The van der Waals surface area contributed by atoms with Crippen molar-refractivity contribution in [3.8, 4) is 16.9 Å². The Morgan fingerprint density at radius 3 is 2.46 bits per heavy atom. The number of carbonyl (C=O) groups excluding carboxylic acids is 1. The fourth-order valence-electron chi connectivity index (χ4n) is 4.97. The average molecular weight is 630 g/mol. The smallest absolute Gasteiger partial charge is 0.270 e. The molecule has 1 saturated heterocycles. The van der Waals surface area contributed by atoms with Crippen molar-refractivity contribution >= 4 is 37.8 Å². The highest BCUT2D eigenvalue weighted by atomic mass is 79.9. The molecule has 0 unspecified atom stereocenters. The molecule has 5 rings (SSSR count). The van der Waals surface area contributed by atoms with Crippen LogP contribution in [0.2, 0.25) is 0 Å². The lowest BCUT2D eigenvalue weighted by atomic mass is 10.1. The number of benzene rings is 2. The summed E-state index contributed by atoms with van der Waals surface area (Å²) in [6.45, 7) is 6.08. The Kier molecular flexibility index (Phi) is 7.33. The first-order valence-electron chi connectivity index (χ1n) is 12.0. The van der Waals surface area contributed by atoms with Gasteiger partial charge in [-0.25, -0.2) is 9.07 Å². The fraction of sp³-hybridized carbons (Fsp3) is 0.296. The van der Waals surface area contributed by atoms with Gasteiger partial charge in [0.05, 0.1) is 22.1 Å². The summed E-state index contributed by atoms with van der Waals surface area (Å²) >= 11 is 6.79. The predicted octanol–water partition coefficient (Wildman–Crippen LogP) is 5.67. The van der Waals surface area contributed by atoms with Gasteiger partial charge in [0, 0.05) is 60.6 Å². The lowest BCUT2D eigenvalue weighted by molar-refractivity contribution is 0.0258. The minimum absolute atomic E-state index is 0.0300. The lowest BCUT2D eigenvalue weighted by Gasteiger charge is -2.44. The van der Waals surface area contributed by atoms with E-state index < -0.39 is 0 Å². The van der Waals surface area contributed by atoms with E-state index in [4.69, 9.17) is 0 Å². The molecule has 10 heteroatoms. The first-order valence-corrected chi connectivity index (χ1v) is 13.6. The minimum atomic E-state index is -0.348. The largest absolute Gasteiger partial charge is 0.340 e. The van der Waals surface area contributed by atoms with Crippen LogP contribution in [0.1, 0.15) is 30.0 Å². The third kappa shape index (κ3) is 5.15. The minimum Gasteiger partial charge on any atom is -0.340 e. The van der Waals surface area contributed by atoms with Gasteiger partial charge >= 0.3 is 0 Å². The Balaban J connectivity index is 1.28. The molecule has 37 heavy (non-hydrogen) atoms. The first kappa shape index (κ1) is 25.8. The van der Waals surface area contributed by atoms with Crippen molar-refractivity contribution in [3.05, 3.63) is 86.9 Å². The molecule has 0 N–H and O–H groups in total. The van der Waals surface area contributed by atoms with Crippen molar-refractivity contribution in [1.29, 1.82) is 0 Å². The molecule has 4 aromatic rings. The van der Waals surface area contributed by atoms with Crippen LogP contribution in [-0.4, -0.2) is 60.4 Å². The van der Waals surface area contributed by atoms with Gasteiger partial charge < -0.3 is 9.47 Å². The van der Waals surface area contributed by atoms with Crippen LogP contribution in [0.25, 0.3) is 16.9 Å². The standard InChI is InChI=1S/C27H27Br2FN6O/c1-17-13-34(27(37)26-11-10-25(33(26)3)21-6-4-5-7-22(21)28)14-18(2)35(17)15-19-16-36(32-31-19)20-8-9-23(29)24(30)12-20/h4-12,16-18H,13-15H2,1-3H3/t17-,18+. The van der Waals surface area contributed by atoms with E-state index in [9.17, 15) is 9.18 Å². The van der Waals surface area contributed by atoms with Gasteiger partial charge in [0.15, 0.2) is 0 Å². The number of hydrogen-bond donors (Lipinski definition) is 0. The normalized spacial score (nSPS) is 18.4. The molecule has 2 atom stereocenters. The summed E-state index contributed by atoms with van der Waals surface area (Å²) in [5.41, 5.74) is 4.12. The summed E-state index contributed by atoms with van der Waals surface area (Å²) in [5, 5.41) is 8.50. The quantitative estimate of drug-likeness (QED) is 0.285. The van der Waals surface area contributed by atoms with Crippen LogP contribution in [0.5, 0.6) is 0 Å². The van der Waals surface area contributed by atoms with Crippen molar-refractivity contribution in [2.75, 3.05) is 13.1 Å². The highest BCUT2D eigenvalue weighted by Gasteiger charge is 2.33. The van der Waals surface area contributed by atoms with Gasteiger partial charge in [0.25, 0.3) is 5.91 Å². The average Bonchev–Trinajstić information content (AvgIpc) is 3.49. The monoisotopic (exact) mass is 628 g/mol. The van der Waals surface area contributed by atoms with Gasteiger partial charge in [-0.15, -0.1) is 5.10 Å². The molecule has 3 heterocycles. The zero-order valence-corrected chi connectivity index (χ0v) is 23.9. The number of aromatic nitrogens is 4. The maximum Gasteiger partial charge on any atom is 0.270 e. The van der Waals surface area contributed by atoms with Crippen molar-refractivity contribution in [2.45, 2.75) is 32.5 Å². The molecule has 0 spiro atoms. The van der Waals surface area contributed by atoms with Gasteiger partial charge in [0.2, 0.25) is 0 Å². The molecule has 2 aromatic heterocycles. The molecular weight excluding hydrogens is 603 g/mol. The van der Waals surface area contributed by atoms with Crippen LogP contribution in [0, 0.1) is 5.82 Å². The summed E-state index contributed by atoms with van der Waals surface area (Å²) < 4.78 is 18.9. The Morgan fingerprint density at radius 1 is 1.03 bits per heavy atom. The third-order valence-corrected chi connectivity index (χ3v) is 8.27. The lowest BCUT2D eigenvalue weighted by Crippen LogP contribution is -2.57. The van der Waals surface area contributed by atoms with E-state index in [1.807, 2.05) is 59.1 Å². The van der Waals surface area contributed by atoms with E-state index in [1.54, 1.807) is 16.8 Å². The second kappa shape index (κ2) is 10.5. The maximum absolute atomic E-state index is 13.9. The Hall–Kier alpha value is -2.82.